The van der Waals surface area contributed by atoms with Crippen molar-refractivity contribution in [1.82, 2.24) is 19.9 Å². The molecule has 29 heavy (non-hydrogen) atoms. The number of fused-ring (bicyclic) bond motifs is 2. The molecule has 0 N–H and O–H groups in total. The third-order valence-electron chi connectivity index (χ3n) is 6.88. The highest BCUT2D eigenvalue weighted by atomic mass is 14.9. The van der Waals surface area contributed by atoms with E-state index >= 15 is 0 Å². The molecular weight excluding hydrogens is 356 g/mol. The largest absolute Gasteiger partial charge is 0.252 e. The predicted octanol–water partition coefficient (Wildman–Crippen LogP) is 6.02. The first-order chi connectivity index (χ1) is 13.6. The highest BCUT2D eigenvalue weighted by Gasteiger charge is 2.18. The van der Waals surface area contributed by atoms with Gasteiger partial charge in [0.15, 0.2) is 0 Å². The quantitative estimate of drug-likeness (QED) is 0.403. The molecule has 4 aromatic rings. The van der Waals surface area contributed by atoms with Crippen molar-refractivity contribution in [1.29, 1.82) is 0 Å². The van der Waals surface area contributed by atoms with Gasteiger partial charge in [-0.2, -0.15) is 0 Å². The first kappa shape index (κ1) is 19.4. The molecule has 0 amide bonds. The molecule has 0 bridgehead atoms. The maximum absolute atomic E-state index is 5.04. The lowest BCUT2D eigenvalue weighted by molar-refractivity contribution is 1.12. The fourth-order valence-electron chi connectivity index (χ4n) is 4.16. The maximum Gasteiger partial charge on any atom is 0.112 e. The van der Waals surface area contributed by atoms with Crippen LogP contribution in [0.15, 0.2) is 6.20 Å². The van der Waals surface area contributed by atoms with Gasteiger partial charge < -0.3 is 0 Å². The van der Waals surface area contributed by atoms with Gasteiger partial charge in [-0.05, 0) is 107 Å². The zero-order valence-electron chi connectivity index (χ0n) is 18.9. The normalized spacial score (nSPS) is 11.6. The molecule has 0 radical (unpaired) electrons. The third kappa shape index (κ3) is 2.73. The summed E-state index contributed by atoms with van der Waals surface area (Å²) in [5, 5.41) is 0. The minimum absolute atomic E-state index is 0.783. The molecule has 2 aromatic heterocycles. The van der Waals surface area contributed by atoms with Crippen LogP contribution in [0.3, 0.4) is 0 Å². The molecule has 0 fully saturated rings. The number of hydrogen-bond acceptors (Lipinski definition) is 4. The molecule has 4 nitrogen and oxygen atoms in total. The van der Waals surface area contributed by atoms with E-state index in [2.05, 4.69) is 55.4 Å². The number of aryl methyl sites for hydroxylation is 5. The van der Waals surface area contributed by atoms with Crippen molar-refractivity contribution in [2.75, 3.05) is 0 Å². The lowest BCUT2D eigenvalue weighted by Gasteiger charge is -2.16. The van der Waals surface area contributed by atoms with E-state index in [1.165, 1.54) is 44.5 Å². The van der Waals surface area contributed by atoms with Gasteiger partial charge in [-0.3, -0.25) is 4.98 Å². The van der Waals surface area contributed by atoms with Crippen LogP contribution in [-0.2, 0) is 0 Å². The van der Waals surface area contributed by atoms with Crippen LogP contribution in [0, 0.1) is 62.3 Å². The minimum Gasteiger partial charge on any atom is -0.252 e. The molecule has 0 spiro atoms. The van der Waals surface area contributed by atoms with Crippen LogP contribution in [0.2, 0.25) is 0 Å². The average Bonchev–Trinajstić information content (AvgIpc) is 2.72. The highest BCUT2D eigenvalue weighted by Crippen LogP contribution is 2.31. The van der Waals surface area contributed by atoms with E-state index in [4.69, 9.17) is 19.9 Å². The number of nitrogens with zero attached hydrogens (tertiary/aromatic N) is 4. The summed E-state index contributed by atoms with van der Waals surface area (Å²) >= 11 is 0. The molecule has 0 saturated carbocycles. The van der Waals surface area contributed by atoms with Crippen LogP contribution in [0.5, 0.6) is 0 Å². The molecule has 0 atom stereocenters. The van der Waals surface area contributed by atoms with Gasteiger partial charge in [0.05, 0.1) is 34.0 Å². The summed E-state index contributed by atoms with van der Waals surface area (Å²) in [5.74, 6) is 0. The fourth-order valence-corrected chi connectivity index (χ4v) is 4.16. The molecule has 2 heterocycles. The van der Waals surface area contributed by atoms with Gasteiger partial charge in [-0.15, -0.1) is 0 Å². The number of rotatable bonds is 1. The zero-order chi connectivity index (χ0) is 21.2. The fraction of sp³-hybridized carbons (Fsp3) is 0.360. The van der Waals surface area contributed by atoms with Crippen LogP contribution in [0.1, 0.15) is 50.2 Å². The van der Waals surface area contributed by atoms with Crippen molar-refractivity contribution >= 4 is 22.1 Å². The summed E-state index contributed by atoms with van der Waals surface area (Å²) in [7, 11) is 0. The topological polar surface area (TPSA) is 51.6 Å². The summed E-state index contributed by atoms with van der Waals surface area (Å²) < 4.78 is 0. The van der Waals surface area contributed by atoms with Crippen molar-refractivity contribution in [3.8, 4) is 11.4 Å². The van der Waals surface area contributed by atoms with Gasteiger partial charge in [-0.25, -0.2) is 15.0 Å². The first-order valence-electron chi connectivity index (χ1n) is 10.1. The van der Waals surface area contributed by atoms with Crippen LogP contribution >= 0.6 is 0 Å². The summed E-state index contributed by atoms with van der Waals surface area (Å²) in [4.78, 5) is 19.8. The van der Waals surface area contributed by atoms with E-state index in [1.807, 2.05) is 13.1 Å². The Hall–Kier alpha value is -2.88. The summed E-state index contributed by atoms with van der Waals surface area (Å²) in [5.41, 5.74) is 16.3. The molecule has 4 rings (SSSR count). The van der Waals surface area contributed by atoms with E-state index in [0.717, 1.165) is 39.1 Å². The van der Waals surface area contributed by atoms with Gasteiger partial charge in [0.1, 0.15) is 11.4 Å². The second-order valence-corrected chi connectivity index (χ2v) is 8.31. The Labute approximate surface area is 172 Å². The second-order valence-electron chi connectivity index (χ2n) is 8.31. The standard InChI is InChI=1S/C25H28N4/c1-11-12(2)16(6)22-21(15(11)5)26-10-20(28-22)25-19(9)27-23-17(7)13(3)14(4)18(8)24(23)29-25/h10H,1-9H3. The van der Waals surface area contributed by atoms with Crippen molar-refractivity contribution in [3.63, 3.8) is 0 Å². The van der Waals surface area contributed by atoms with E-state index in [-0.39, 0.29) is 0 Å². The predicted molar refractivity (Wildman–Crippen MR) is 121 cm³/mol. The maximum atomic E-state index is 5.04. The van der Waals surface area contributed by atoms with Gasteiger partial charge in [0.2, 0.25) is 0 Å². The summed E-state index contributed by atoms with van der Waals surface area (Å²) in [6.45, 7) is 19.1. The number of benzene rings is 2. The second kappa shape index (κ2) is 6.58. The number of hydrogen-bond donors (Lipinski definition) is 0. The first-order valence-corrected chi connectivity index (χ1v) is 10.1. The third-order valence-corrected chi connectivity index (χ3v) is 6.88. The molecule has 4 heteroatoms. The SMILES string of the molecule is Cc1nc2c(C)c(C)c(C)c(C)c2nc1-c1cnc2c(C)c(C)c(C)c(C)c2n1. The lowest BCUT2D eigenvalue weighted by Crippen LogP contribution is -2.04. The summed E-state index contributed by atoms with van der Waals surface area (Å²) in [6.07, 6.45) is 1.84. The average molecular weight is 385 g/mol. The number of aromatic nitrogens is 4. The van der Waals surface area contributed by atoms with Crippen LogP contribution in [0.25, 0.3) is 33.5 Å². The molecule has 148 valence electrons. The van der Waals surface area contributed by atoms with Crippen molar-refractivity contribution < 1.29 is 0 Å². The van der Waals surface area contributed by atoms with Crippen molar-refractivity contribution in [2.24, 2.45) is 0 Å². The van der Waals surface area contributed by atoms with Crippen LogP contribution in [0.4, 0.5) is 0 Å². The van der Waals surface area contributed by atoms with E-state index < -0.39 is 0 Å². The Balaban J connectivity index is 2.04. The van der Waals surface area contributed by atoms with E-state index in [0.29, 0.717) is 0 Å². The van der Waals surface area contributed by atoms with E-state index in [1.54, 1.807) is 0 Å². The molecule has 0 aliphatic rings. The molecule has 2 aromatic carbocycles. The highest BCUT2D eigenvalue weighted by molar-refractivity contribution is 5.88. The Morgan fingerprint density at radius 2 is 0.862 bits per heavy atom. The Morgan fingerprint density at radius 3 is 1.38 bits per heavy atom. The zero-order valence-corrected chi connectivity index (χ0v) is 18.9. The summed E-state index contributed by atoms with van der Waals surface area (Å²) in [6, 6.07) is 0. The van der Waals surface area contributed by atoms with Gasteiger partial charge >= 0.3 is 0 Å². The van der Waals surface area contributed by atoms with Crippen molar-refractivity contribution in [3.05, 3.63) is 56.4 Å². The van der Waals surface area contributed by atoms with E-state index in [9.17, 15) is 0 Å². The van der Waals surface area contributed by atoms with Crippen LogP contribution < -0.4 is 0 Å². The Morgan fingerprint density at radius 1 is 0.448 bits per heavy atom. The molecule has 0 aliphatic carbocycles. The lowest BCUT2D eigenvalue weighted by atomic mass is 9.96. The molecule has 0 aliphatic heterocycles. The smallest absolute Gasteiger partial charge is 0.112 e. The minimum atomic E-state index is 0.783. The molecular formula is C25H28N4. The van der Waals surface area contributed by atoms with Crippen LogP contribution in [-0.4, -0.2) is 19.9 Å². The van der Waals surface area contributed by atoms with Gasteiger partial charge in [0.25, 0.3) is 0 Å². The monoisotopic (exact) mass is 384 g/mol. The molecule has 0 unspecified atom stereocenters. The van der Waals surface area contributed by atoms with Crippen molar-refractivity contribution in [2.45, 2.75) is 62.3 Å². The Bertz CT molecular complexity index is 1330. The molecule has 0 saturated heterocycles. The van der Waals surface area contributed by atoms with Gasteiger partial charge in [-0.1, -0.05) is 0 Å². The van der Waals surface area contributed by atoms with Gasteiger partial charge in [0, 0.05) is 0 Å². The Kier molecular flexibility index (Phi) is 4.41.